The summed E-state index contributed by atoms with van der Waals surface area (Å²) in [5.41, 5.74) is 0.0468. The first-order valence-electron chi connectivity index (χ1n) is 6.17. The first-order valence-corrected chi connectivity index (χ1v) is 7.41. The van der Waals surface area contributed by atoms with Gasteiger partial charge >= 0.3 is 5.92 Å². The Hall–Kier alpha value is -0.560. The van der Waals surface area contributed by atoms with Crippen molar-refractivity contribution >= 4 is 28.4 Å². The first kappa shape index (κ1) is 16.5. The molecule has 0 aliphatic rings. The largest absolute Gasteiger partial charge is 0.380 e. The summed E-state index contributed by atoms with van der Waals surface area (Å²) >= 11 is 1.90. The number of hydrogen-bond acceptors (Lipinski definition) is 2. The summed E-state index contributed by atoms with van der Waals surface area (Å²) in [6, 6.07) is 7.66. The van der Waals surface area contributed by atoms with Gasteiger partial charge in [-0.15, -0.1) is 0 Å². The Morgan fingerprint density at radius 3 is 2.58 bits per heavy atom. The van der Waals surface area contributed by atoms with Crippen molar-refractivity contribution < 1.29 is 18.3 Å². The fourth-order valence-corrected chi connectivity index (χ4v) is 2.39. The molecule has 19 heavy (non-hydrogen) atoms. The van der Waals surface area contributed by atoms with Gasteiger partial charge in [-0.2, -0.15) is 8.78 Å². The van der Waals surface area contributed by atoms with Crippen LogP contribution in [0.4, 0.5) is 8.78 Å². The van der Waals surface area contributed by atoms with E-state index in [2.05, 4.69) is 0 Å². The highest BCUT2D eigenvalue weighted by molar-refractivity contribution is 14.1. The average Bonchev–Trinajstić information content (AvgIpc) is 2.38. The summed E-state index contributed by atoms with van der Waals surface area (Å²) in [4.78, 5) is 11.7. The number of Topliss-reactive ketones (excluding diaryl/α,β-unsaturated/α-hetero) is 1. The van der Waals surface area contributed by atoms with Gasteiger partial charge in [0.15, 0.2) is 0 Å². The van der Waals surface area contributed by atoms with Gasteiger partial charge in [0.25, 0.3) is 0 Å². The third kappa shape index (κ3) is 5.52. The number of halogens is 3. The number of carbonyl (C=O) groups excluding carboxylic acids is 1. The maximum absolute atomic E-state index is 13.9. The summed E-state index contributed by atoms with van der Waals surface area (Å²) in [6.45, 7) is 2.75. The number of rotatable bonds is 8. The van der Waals surface area contributed by atoms with Crippen molar-refractivity contribution in [2.75, 3.05) is 13.2 Å². The topological polar surface area (TPSA) is 26.3 Å². The molecule has 0 aromatic heterocycles. The Morgan fingerprint density at radius 2 is 2.00 bits per heavy atom. The maximum atomic E-state index is 13.9. The highest BCUT2D eigenvalue weighted by Crippen LogP contribution is 2.28. The molecule has 0 bridgehead atoms. The molecule has 1 rings (SSSR count). The fourth-order valence-electron chi connectivity index (χ4n) is 1.59. The zero-order valence-corrected chi connectivity index (χ0v) is 12.9. The molecule has 1 atom stereocenters. The van der Waals surface area contributed by atoms with E-state index in [9.17, 15) is 13.6 Å². The lowest BCUT2D eigenvalue weighted by Crippen LogP contribution is -2.33. The molecular formula is C14H17F2IO2. The van der Waals surface area contributed by atoms with E-state index in [4.69, 9.17) is 4.74 Å². The predicted octanol–water partition coefficient (Wildman–Crippen LogP) is 4.12. The average molecular weight is 382 g/mol. The second-order valence-electron chi connectivity index (χ2n) is 4.28. The zero-order chi connectivity index (χ0) is 14.3. The van der Waals surface area contributed by atoms with Crippen molar-refractivity contribution in [3.63, 3.8) is 0 Å². The lowest BCUT2D eigenvalue weighted by Gasteiger charge is -2.18. The molecule has 0 amide bonds. The van der Waals surface area contributed by atoms with Crippen LogP contribution in [0.2, 0.25) is 0 Å². The van der Waals surface area contributed by atoms with Crippen LogP contribution in [0.5, 0.6) is 0 Å². The molecule has 1 aromatic rings. The smallest absolute Gasteiger partial charge is 0.310 e. The summed E-state index contributed by atoms with van der Waals surface area (Å²) < 4.78 is 32.5. The Labute approximate surface area is 125 Å². The van der Waals surface area contributed by atoms with Gasteiger partial charge in [-0.05, 0) is 6.42 Å². The van der Waals surface area contributed by atoms with E-state index in [1.165, 1.54) is 12.1 Å². The molecule has 2 nitrogen and oxygen atoms in total. The predicted molar refractivity (Wildman–Crippen MR) is 79.3 cm³/mol. The van der Waals surface area contributed by atoms with E-state index in [0.29, 0.717) is 6.61 Å². The first-order chi connectivity index (χ1) is 8.97. The van der Waals surface area contributed by atoms with Gasteiger partial charge in [0.1, 0.15) is 0 Å². The van der Waals surface area contributed by atoms with E-state index in [0.717, 1.165) is 6.42 Å². The second-order valence-corrected chi connectivity index (χ2v) is 6.04. The van der Waals surface area contributed by atoms with Crippen molar-refractivity contribution in [3.05, 3.63) is 35.9 Å². The summed E-state index contributed by atoms with van der Waals surface area (Å²) in [6.07, 6.45) is 0.355. The van der Waals surface area contributed by atoms with Crippen LogP contribution < -0.4 is 0 Å². The summed E-state index contributed by atoms with van der Waals surface area (Å²) in [5.74, 6) is -4.46. The van der Waals surface area contributed by atoms with Gasteiger partial charge in [-0.1, -0.05) is 59.8 Å². The molecule has 1 aromatic carbocycles. The highest BCUT2D eigenvalue weighted by atomic mass is 127. The van der Waals surface area contributed by atoms with E-state index < -0.39 is 18.1 Å². The Morgan fingerprint density at radius 1 is 1.37 bits per heavy atom. The van der Waals surface area contributed by atoms with E-state index in [1.807, 2.05) is 29.5 Å². The standard InChI is InChI=1S/C14H17F2IO2/c1-2-8-19-10-12(17)9-14(15,16)13(18)11-6-4-3-5-7-11/h3-7,12H,2,8-10H2,1H3. The minimum atomic E-state index is -3.34. The van der Waals surface area contributed by atoms with E-state index >= 15 is 0 Å². The third-order valence-corrected chi connectivity index (χ3v) is 3.29. The molecule has 5 heteroatoms. The SMILES string of the molecule is CCCOCC(I)CC(F)(F)C(=O)c1ccccc1. The lowest BCUT2D eigenvalue weighted by molar-refractivity contribution is 0.000932. The van der Waals surface area contributed by atoms with Crippen LogP contribution >= 0.6 is 22.6 Å². The van der Waals surface area contributed by atoms with Gasteiger partial charge in [-0.25, -0.2) is 0 Å². The number of ether oxygens (including phenoxy) is 1. The third-order valence-electron chi connectivity index (χ3n) is 2.49. The van der Waals surface area contributed by atoms with Crippen molar-refractivity contribution in [1.29, 1.82) is 0 Å². The molecule has 0 radical (unpaired) electrons. The quantitative estimate of drug-likeness (QED) is 0.293. The van der Waals surface area contributed by atoms with Gasteiger partial charge < -0.3 is 4.74 Å². The van der Waals surface area contributed by atoms with Gasteiger partial charge in [0.2, 0.25) is 5.78 Å². The minimum Gasteiger partial charge on any atom is -0.380 e. The van der Waals surface area contributed by atoms with Crippen molar-refractivity contribution in [2.45, 2.75) is 29.6 Å². The van der Waals surface area contributed by atoms with Gasteiger partial charge in [-0.3, -0.25) is 4.79 Å². The fraction of sp³-hybridized carbons (Fsp3) is 0.500. The monoisotopic (exact) mass is 382 g/mol. The van der Waals surface area contributed by atoms with Gasteiger partial charge in [0.05, 0.1) is 6.61 Å². The second kappa shape index (κ2) is 7.89. The van der Waals surface area contributed by atoms with Crippen LogP contribution in [0.15, 0.2) is 30.3 Å². The van der Waals surface area contributed by atoms with Crippen LogP contribution in [0, 0.1) is 0 Å². The van der Waals surface area contributed by atoms with Crippen molar-refractivity contribution in [1.82, 2.24) is 0 Å². The number of carbonyl (C=O) groups is 1. The molecule has 0 saturated carbocycles. The molecule has 106 valence electrons. The molecule has 0 heterocycles. The van der Waals surface area contributed by atoms with Crippen LogP contribution in [-0.2, 0) is 4.74 Å². The lowest BCUT2D eigenvalue weighted by atomic mass is 10.0. The molecule has 0 fully saturated rings. The number of alkyl halides is 3. The molecule has 1 unspecified atom stereocenters. The molecule has 0 aliphatic heterocycles. The maximum Gasteiger partial charge on any atom is 0.310 e. The van der Waals surface area contributed by atoms with Crippen LogP contribution in [0.1, 0.15) is 30.1 Å². The Balaban J connectivity index is 2.57. The molecule has 0 saturated heterocycles. The van der Waals surface area contributed by atoms with Crippen molar-refractivity contribution in [2.24, 2.45) is 0 Å². The van der Waals surface area contributed by atoms with Crippen LogP contribution in [0.25, 0.3) is 0 Å². The number of hydrogen-bond donors (Lipinski definition) is 0. The number of ketones is 1. The molecular weight excluding hydrogens is 365 g/mol. The van der Waals surface area contributed by atoms with Crippen LogP contribution in [0.3, 0.4) is 0 Å². The van der Waals surface area contributed by atoms with Crippen molar-refractivity contribution in [3.8, 4) is 0 Å². The summed E-state index contributed by atoms with van der Waals surface area (Å²) in [5, 5.41) is 0. The van der Waals surface area contributed by atoms with E-state index in [-0.39, 0.29) is 16.1 Å². The normalized spacial score (nSPS) is 13.3. The van der Waals surface area contributed by atoms with E-state index in [1.54, 1.807) is 18.2 Å². The Kier molecular flexibility index (Phi) is 6.85. The number of benzene rings is 1. The minimum absolute atomic E-state index is 0.0468. The molecule has 0 spiro atoms. The van der Waals surface area contributed by atoms with Gasteiger partial charge in [0, 0.05) is 22.5 Å². The highest BCUT2D eigenvalue weighted by Gasteiger charge is 2.40. The molecule has 0 N–H and O–H groups in total. The summed E-state index contributed by atoms with van der Waals surface area (Å²) in [7, 11) is 0. The van der Waals surface area contributed by atoms with Crippen LogP contribution in [-0.4, -0.2) is 28.8 Å². The zero-order valence-electron chi connectivity index (χ0n) is 10.7. The Bertz CT molecular complexity index is 396. The molecule has 0 aliphatic carbocycles.